The Morgan fingerprint density at radius 3 is 2.44 bits per heavy atom. The molecule has 5 rings (SSSR count). The van der Waals surface area contributed by atoms with Gasteiger partial charge in [-0.1, -0.05) is 79.3 Å². The number of esters is 1. The van der Waals surface area contributed by atoms with Gasteiger partial charge < -0.3 is 29.2 Å². The van der Waals surface area contributed by atoms with E-state index in [0.29, 0.717) is 12.3 Å². The van der Waals surface area contributed by atoms with Crippen molar-refractivity contribution in [2.75, 3.05) is 5.75 Å². The number of aryl methyl sites for hydroxylation is 1. The van der Waals surface area contributed by atoms with Crippen LogP contribution in [0.2, 0.25) is 0 Å². The SMILES string of the molecule is CC(=O)OC(C)C(=O)NCc1cccc(-c2cccc(C3OC(CSc4nncn4C)C(C)C(c4ccc(CO)cc4)O3)c2)c1. The Bertz CT molecular complexity index is 1610. The monoisotopic (exact) mass is 630 g/mol. The Hall–Kier alpha value is -4.03. The predicted molar refractivity (Wildman–Crippen MR) is 170 cm³/mol. The van der Waals surface area contributed by atoms with Crippen LogP contribution < -0.4 is 5.32 Å². The van der Waals surface area contributed by atoms with Crippen molar-refractivity contribution in [3.8, 4) is 11.1 Å². The maximum atomic E-state index is 12.3. The first-order valence-corrected chi connectivity index (χ1v) is 15.8. The zero-order chi connectivity index (χ0) is 31.9. The summed E-state index contributed by atoms with van der Waals surface area (Å²) < 4.78 is 20.1. The van der Waals surface area contributed by atoms with Gasteiger partial charge in [-0.2, -0.15) is 0 Å². The first-order valence-electron chi connectivity index (χ1n) is 14.8. The maximum absolute atomic E-state index is 12.3. The fraction of sp³-hybridized carbons (Fsp3) is 0.353. The molecular formula is C34H38N4O6S. The number of hydrogen-bond acceptors (Lipinski definition) is 9. The summed E-state index contributed by atoms with van der Waals surface area (Å²) in [5.74, 6) is -0.143. The van der Waals surface area contributed by atoms with Gasteiger partial charge in [-0.05, 0) is 46.9 Å². The van der Waals surface area contributed by atoms with Gasteiger partial charge in [-0.15, -0.1) is 10.2 Å². The molecule has 1 fully saturated rings. The molecule has 5 atom stereocenters. The van der Waals surface area contributed by atoms with Gasteiger partial charge in [0.05, 0.1) is 18.8 Å². The van der Waals surface area contributed by atoms with Crippen molar-refractivity contribution in [1.29, 1.82) is 0 Å². The molecule has 236 valence electrons. The lowest BCUT2D eigenvalue weighted by atomic mass is 9.91. The lowest BCUT2D eigenvalue weighted by Crippen LogP contribution is -2.38. The number of aliphatic hydroxyl groups is 1. The topological polar surface area (TPSA) is 125 Å². The number of ether oxygens (including phenoxy) is 3. The molecule has 10 nitrogen and oxygen atoms in total. The van der Waals surface area contributed by atoms with E-state index >= 15 is 0 Å². The van der Waals surface area contributed by atoms with Crippen molar-refractivity contribution >= 4 is 23.6 Å². The van der Waals surface area contributed by atoms with Crippen molar-refractivity contribution in [2.45, 2.75) is 63.7 Å². The van der Waals surface area contributed by atoms with E-state index in [9.17, 15) is 14.7 Å². The van der Waals surface area contributed by atoms with E-state index in [4.69, 9.17) is 14.2 Å². The first-order chi connectivity index (χ1) is 21.7. The molecule has 1 amide bonds. The molecule has 1 aliphatic heterocycles. The molecule has 45 heavy (non-hydrogen) atoms. The number of nitrogens with zero attached hydrogens (tertiary/aromatic N) is 3. The molecule has 5 unspecified atom stereocenters. The summed E-state index contributed by atoms with van der Waals surface area (Å²) >= 11 is 1.60. The number of hydrogen-bond donors (Lipinski definition) is 2. The van der Waals surface area contributed by atoms with E-state index in [2.05, 4.69) is 28.5 Å². The molecule has 0 bridgehead atoms. The molecule has 2 N–H and O–H groups in total. The highest BCUT2D eigenvalue weighted by molar-refractivity contribution is 7.99. The van der Waals surface area contributed by atoms with Crippen LogP contribution in [0.1, 0.15) is 55.4 Å². The van der Waals surface area contributed by atoms with Gasteiger partial charge in [-0.25, -0.2) is 0 Å². The molecule has 3 aromatic carbocycles. The van der Waals surface area contributed by atoms with Crippen LogP contribution in [0.15, 0.2) is 84.3 Å². The normalized spacial score (nSPS) is 20.4. The largest absolute Gasteiger partial charge is 0.453 e. The third-order valence-electron chi connectivity index (χ3n) is 7.77. The van der Waals surface area contributed by atoms with Gasteiger partial charge >= 0.3 is 5.97 Å². The van der Waals surface area contributed by atoms with Gasteiger partial charge in [0.2, 0.25) is 0 Å². The summed E-state index contributed by atoms with van der Waals surface area (Å²) in [6, 6.07) is 23.9. The van der Waals surface area contributed by atoms with Crippen LogP contribution in [0, 0.1) is 5.92 Å². The molecule has 2 heterocycles. The van der Waals surface area contributed by atoms with Crippen molar-refractivity contribution in [3.05, 3.63) is 101 Å². The van der Waals surface area contributed by atoms with Gasteiger partial charge in [0.25, 0.3) is 5.91 Å². The summed E-state index contributed by atoms with van der Waals surface area (Å²) in [6.45, 7) is 5.24. The molecule has 0 spiro atoms. The van der Waals surface area contributed by atoms with Gasteiger partial charge in [-0.3, -0.25) is 9.59 Å². The number of aliphatic hydroxyl groups excluding tert-OH is 1. The molecule has 0 aliphatic carbocycles. The highest BCUT2D eigenvalue weighted by atomic mass is 32.2. The lowest BCUT2D eigenvalue weighted by Gasteiger charge is -2.41. The minimum Gasteiger partial charge on any atom is -0.453 e. The third kappa shape index (κ3) is 8.17. The van der Waals surface area contributed by atoms with Gasteiger partial charge in [0.1, 0.15) is 6.33 Å². The fourth-order valence-corrected chi connectivity index (χ4v) is 6.28. The number of carbonyl (C=O) groups is 2. The molecule has 0 saturated carbocycles. The number of rotatable bonds is 11. The van der Waals surface area contributed by atoms with Crippen LogP contribution in [-0.2, 0) is 44.0 Å². The van der Waals surface area contributed by atoms with E-state index in [1.165, 1.54) is 6.92 Å². The average Bonchev–Trinajstić information content (AvgIpc) is 3.47. The van der Waals surface area contributed by atoms with Crippen LogP contribution in [0.25, 0.3) is 11.1 Å². The quantitative estimate of drug-likeness (QED) is 0.172. The Kier molecular flexibility index (Phi) is 10.7. The smallest absolute Gasteiger partial charge is 0.303 e. The van der Waals surface area contributed by atoms with Gasteiger partial charge in [0.15, 0.2) is 17.6 Å². The number of carbonyl (C=O) groups excluding carboxylic acids is 2. The Morgan fingerprint density at radius 2 is 1.76 bits per heavy atom. The van der Waals surface area contributed by atoms with E-state index in [1.54, 1.807) is 25.0 Å². The maximum Gasteiger partial charge on any atom is 0.303 e. The highest BCUT2D eigenvalue weighted by Crippen LogP contribution is 2.43. The van der Waals surface area contributed by atoms with E-state index in [-0.39, 0.29) is 30.6 Å². The van der Waals surface area contributed by atoms with Crippen molar-refractivity contribution in [3.63, 3.8) is 0 Å². The summed E-state index contributed by atoms with van der Waals surface area (Å²) in [5, 5.41) is 21.4. The van der Waals surface area contributed by atoms with Crippen LogP contribution in [0.3, 0.4) is 0 Å². The molecule has 1 aromatic heterocycles. The number of thioether (sulfide) groups is 1. The second-order valence-electron chi connectivity index (χ2n) is 11.2. The Balaban J connectivity index is 1.36. The highest BCUT2D eigenvalue weighted by Gasteiger charge is 2.38. The second-order valence-corrected chi connectivity index (χ2v) is 12.1. The van der Waals surface area contributed by atoms with Crippen molar-refractivity contribution < 1.29 is 28.9 Å². The van der Waals surface area contributed by atoms with E-state index in [0.717, 1.165) is 38.5 Å². The molecule has 11 heteroatoms. The molecule has 4 aromatic rings. The van der Waals surface area contributed by atoms with Crippen LogP contribution in [-0.4, -0.2) is 49.7 Å². The van der Waals surface area contributed by atoms with Crippen LogP contribution >= 0.6 is 11.8 Å². The minimum atomic E-state index is -0.861. The van der Waals surface area contributed by atoms with E-state index in [1.807, 2.05) is 78.3 Å². The summed E-state index contributed by atoms with van der Waals surface area (Å²) in [5.41, 5.74) is 5.62. The standard InChI is InChI=1S/C34H38N4O6S/c1-21-30(19-45-34-37-36-20-38(34)4)43-33(44-31(21)26-13-11-24(18-39)12-14-26)29-10-6-9-28(16-29)27-8-5-7-25(15-27)17-35-32(41)22(2)42-23(3)40/h5-16,20-22,30-31,33,39H,17-19H2,1-4H3,(H,35,41). The first kappa shape index (κ1) is 32.4. The Labute approximate surface area is 267 Å². The number of amides is 1. The summed E-state index contributed by atoms with van der Waals surface area (Å²) in [6.07, 6.45) is -0.161. The zero-order valence-corrected chi connectivity index (χ0v) is 26.6. The number of benzene rings is 3. The molecule has 0 radical (unpaired) electrons. The number of nitrogens with one attached hydrogen (secondary N) is 1. The van der Waals surface area contributed by atoms with Crippen LogP contribution in [0.4, 0.5) is 0 Å². The average molecular weight is 631 g/mol. The van der Waals surface area contributed by atoms with Crippen molar-refractivity contribution in [2.24, 2.45) is 13.0 Å². The van der Waals surface area contributed by atoms with Crippen LogP contribution in [0.5, 0.6) is 0 Å². The molecule has 1 saturated heterocycles. The lowest BCUT2D eigenvalue weighted by molar-refractivity contribution is -0.268. The van der Waals surface area contributed by atoms with E-state index < -0.39 is 18.4 Å². The fourth-order valence-electron chi connectivity index (χ4n) is 5.23. The third-order valence-corrected chi connectivity index (χ3v) is 8.89. The Morgan fingerprint density at radius 1 is 1.02 bits per heavy atom. The van der Waals surface area contributed by atoms with Gasteiger partial charge in [0, 0.05) is 37.8 Å². The predicted octanol–water partition coefficient (Wildman–Crippen LogP) is 5.13. The molecular weight excluding hydrogens is 592 g/mol. The number of aromatic nitrogens is 3. The zero-order valence-electron chi connectivity index (χ0n) is 25.8. The van der Waals surface area contributed by atoms with Crippen molar-refractivity contribution in [1.82, 2.24) is 20.1 Å². The summed E-state index contributed by atoms with van der Waals surface area (Å²) in [7, 11) is 1.92. The summed E-state index contributed by atoms with van der Waals surface area (Å²) in [4.78, 5) is 23.5. The minimum absolute atomic E-state index is 0.0160. The second kappa shape index (κ2) is 14.8. The molecule has 1 aliphatic rings.